The summed E-state index contributed by atoms with van der Waals surface area (Å²) in [6, 6.07) is 12.6. The first-order valence-electron chi connectivity index (χ1n) is 8.48. The van der Waals surface area contributed by atoms with Gasteiger partial charge in [-0.25, -0.2) is 9.00 Å². The van der Waals surface area contributed by atoms with Crippen molar-refractivity contribution in [1.29, 1.82) is 0 Å². The van der Waals surface area contributed by atoms with E-state index in [2.05, 4.69) is 15.4 Å². The van der Waals surface area contributed by atoms with Crippen LogP contribution in [0.2, 0.25) is 0 Å². The molecule has 0 aliphatic carbocycles. The molecule has 0 saturated carbocycles. The van der Waals surface area contributed by atoms with Gasteiger partial charge < -0.3 is 9.64 Å². The number of nitrogens with zero attached hydrogens (tertiary/aromatic N) is 3. The molecule has 1 aromatic heterocycles. The SMILES string of the molecule is CO[SH](=O)=Nc1ccc(C2=CCCN(C(=O)Oc3ccccc3)C2)nc1C. The average Bonchev–Trinajstić information content (AvgIpc) is 2.70. The Labute approximate surface area is 160 Å². The van der Waals surface area contributed by atoms with E-state index >= 15 is 0 Å². The molecular weight excluding hydrogens is 366 g/mol. The summed E-state index contributed by atoms with van der Waals surface area (Å²) in [5.74, 6) is 0.519. The molecule has 1 aliphatic rings. The summed E-state index contributed by atoms with van der Waals surface area (Å²) in [6.45, 7) is 2.81. The molecule has 2 heterocycles. The molecule has 1 unspecified atom stereocenters. The Hall–Kier alpha value is -2.71. The fraction of sp³-hybridized carbons (Fsp3) is 0.263. The first kappa shape index (κ1) is 19.1. The number of ether oxygens (including phenoxy) is 1. The maximum Gasteiger partial charge on any atom is 0.415 e. The molecule has 2 aromatic rings. The number of benzene rings is 1. The van der Waals surface area contributed by atoms with E-state index in [1.165, 1.54) is 7.11 Å². The number of pyridine rings is 1. The van der Waals surface area contributed by atoms with Gasteiger partial charge in [-0.15, -0.1) is 0 Å². The molecular formula is C19H21N3O4S. The van der Waals surface area contributed by atoms with Gasteiger partial charge in [0.1, 0.15) is 5.75 Å². The van der Waals surface area contributed by atoms with Crippen LogP contribution in [-0.4, -0.2) is 40.4 Å². The number of amides is 1. The standard InChI is InChI=1S/C19H21N3O4S/c1-14-17(21-27(24)25-2)10-11-18(20-14)15-7-6-12-22(13-15)19(23)26-16-8-4-3-5-9-16/h3-5,7-11,27H,6,12-13H2,1-2H3. The van der Waals surface area contributed by atoms with Crippen LogP contribution in [0.25, 0.3) is 5.57 Å². The number of aryl methyl sites for hydroxylation is 1. The zero-order valence-corrected chi connectivity index (χ0v) is 16.1. The lowest BCUT2D eigenvalue weighted by Gasteiger charge is -2.26. The van der Waals surface area contributed by atoms with E-state index in [4.69, 9.17) is 8.92 Å². The maximum atomic E-state index is 12.4. The third-order valence-corrected chi connectivity index (χ3v) is 4.78. The Balaban J connectivity index is 1.72. The largest absolute Gasteiger partial charge is 0.415 e. The minimum absolute atomic E-state index is 0.382. The summed E-state index contributed by atoms with van der Waals surface area (Å²) >= 11 is 0. The average molecular weight is 387 g/mol. The Morgan fingerprint density at radius 1 is 1.22 bits per heavy atom. The molecule has 0 radical (unpaired) electrons. The van der Waals surface area contributed by atoms with Gasteiger partial charge in [0.25, 0.3) is 0 Å². The van der Waals surface area contributed by atoms with Gasteiger partial charge in [0, 0.05) is 6.54 Å². The van der Waals surface area contributed by atoms with Crippen LogP contribution in [0.3, 0.4) is 0 Å². The Bertz CT molecular complexity index is 937. The molecule has 0 bridgehead atoms. The fourth-order valence-corrected chi connectivity index (χ4v) is 3.18. The highest BCUT2D eigenvalue weighted by Gasteiger charge is 2.21. The molecule has 8 heteroatoms. The van der Waals surface area contributed by atoms with Gasteiger partial charge in [0.05, 0.1) is 30.7 Å². The summed E-state index contributed by atoms with van der Waals surface area (Å²) in [5.41, 5.74) is 2.88. The van der Waals surface area contributed by atoms with Gasteiger partial charge in [-0.3, -0.25) is 9.17 Å². The molecule has 0 saturated heterocycles. The lowest BCUT2D eigenvalue weighted by molar-refractivity contribution is 0.157. The molecule has 1 amide bonds. The number of carbonyl (C=O) groups excluding carboxylic acids is 1. The van der Waals surface area contributed by atoms with E-state index in [-0.39, 0.29) is 6.09 Å². The summed E-state index contributed by atoms with van der Waals surface area (Å²) in [6.07, 6.45) is 2.41. The highest BCUT2D eigenvalue weighted by molar-refractivity contribution is 7.69. The monoisotopic (exact) mass is 387 g/mol. The summed E-state index contributed by atoms with van der Waals surface area (Å²) in [4.78, 5) is 18.6. The lowest BCUT2D eigenvalue weighted by atomic mass is 10.1. The third kappa shape index (κ3) is 4.93. The molecule has 3 rings (SSSR count). The van der Waals surface area contributed by atoms with E-state index < -0.39 is 10.9 Å². The van der Waals surface area contributed by atoms with Gasteiger partial charge in [-0.2, -0.15) is 4.36 Å². The lowest BCUT2D eigenvalue weighted by Crippen LogP contribution is -2.37. The van der Waals surface area contributed by atoms with Crippen molar-refractivity contribution in [2.24, 2.45) is 4.36 Å². The highest BCUT2D eigenvalue weighted by atomic mass is 32.2. The summed E-state index contributed by atoms with van der Waals surface area (Å²) in [7, 11) is -0.742. The van der Waals surface area contributed by atoms with Gasteiger partial charge >= 0.3 is 6.09 Å². The summed E-state index contributed by atoms with van der Waals surface area (Å²) in [5, 5.41) is 0. The predicted octanol–water partition coefficient (Wildman–Crippen LogP) is 3.54. The quantitative estimate of drug-likeness (QED) is 0.812. The number of rotatable bonds is 4. The Morgan fingerprint density at radius 3 is 2.70 bits per heavy atom. The number of hydrogen-bond acceptors (Lipinski definition) is 6. The molecule has 27 heavy (non-hydrogen) atoms. The second kappa shape index (κ2) is 8.79. The molecule has 0 fully saturated rings. The van der Waals surface area contributed by atoms with Gasteiger partial charge in [-0.1, -0.05) is 24.3 Å². The van der Waals surface area contributed by atoms with Crippen LogP contribution < -0.4 is 4.74 Å². The zero-order chi connectivity index (χ0) is 19.2. The van der Waals surface area contributed by atoms with Crippen LogP contribution in [0.15, 0.2) is 52.9 Å². The third-order valence-electron chi connectivity index (χ3n) is 4.09. The first-order valence-corrected chi connectivity index (χ1v) is 9.61. The van der Waals surface area contributed by atoms with Crippen molar-refractivity contribution in [3.05, 3.63) is 59.9 Å². The van der Waals surface area contributed by atoms with Crippen molar-refractivity contribution in [2.75, 3.05) is 20.2 Å². The van der Waals surface area contributed by atoms with Crippen molar-refractivity contribution >= 4 is 28.2 Å². The van der Waals surface area contributed by atoms with E-state index in [1.54, 1.807) is 30.0 Å². The maximum absolute atomic E-state index is 12.4. The van der Waals surface area contributed by atoms with Crippen LogP contribution in [-0.2, 0) is 15.1 Å². The molecule has 1 aliphatic heterocycles. The highest BCUT2D eigenvalue weighted by Crippen LogP contribution is 2.24. The summed E-state index contributed by atoms with van der Waals surface area (Å²) < 4.78 is 25.5. The van der Waals surface area contributed by atoms with Crippen LogP contribution in [0.1, 0.15) is 17.8 Å². The van der Waals surface area contributed by atoms with Crippen molar-refractivity contribution in [3.8, 4) is 5.75 Å². The van der Waals surface area contributed by atoms with Crippen LogP contribution in [0, 0.1) is 6.92 Å². The van der Waals surface area contributed by atoms with E-state index in [9.17, 15) is 9.00 Å². The molecule has 1 aromatic carbocycles. The molecule has 142 valence electrons. The number of aromatic nitrogens is 1. The molecule has 1 atom stereocenters. The van der Waals surface area contributed by atoms with Crippen molar-refractivity contribution in [1.82, 2.24) is 9.88 Å². The predicted molar refractivity (Wildman–Crippen MR) is 104 cm³/mol. The van der Waals surface area contributed by atoms with Gasteiger partial charge in [0.15, 0.2) is 10.9 Å². The molecule has 0 N–H and O–H groups in total. The van der Waals surface area contributed by atoms with Crippen LogP contribution in [0.5, 0.6) is 5.75 Å². The number of thiol groups is 1. The smallest absolute Gasteiger partial charge is 0.410 e. The number of carbonyl (C=O) groups is 1. The minimum Gasteiger partial charge on any atom is -0.410 e. The number of hydrogen-bond donors (Lipinski definition) is 1. The normalized spacial score (nSPS) is 15.3. The number of para-hydroxylation sites is 1. The van der Waals surface area contributed by atoms with Gasteiger partial charge in [-0.05, 0) is 43.2 Å². The Kier molecular flexibility index (Phi) is 6.20. The molecule has 0 spiro atoms. The van der Waals surface area contributed by atoms with E-state index in [0.717, 1.165) is 17.7 Å². The first-order chi connectivity index (χ1) is 13.1. The van der Waals surface area contributed by atoms with E-state index in [1.807, 2.05) is 24.3 Å². The van der Waals surface area contributed by atoms with Crippen LogP contribution in [0.4, 0.5) is 10.5 Å². The zero-order valence-electron chi connectivity index (χ0n) is 15.2. The minimum atomic E-state index is -2.08. The topological polar surface area (TPSA) is 81.1 Å². The van der Waals surface area contributed by atoms with Crippen LogP contribution >= 0.6 is 0 Å². The van der Waals surface area contributed by atoms with Crippen molar-refractivity contribution in [3.63, 3.8) is 0 Å². The fourth-order valence-electron chi connectivity index (χ4n) is 2.71. The second-order valence-corrected chi connectivity index (χ2v) is 6.98. The van der Waals surface area contributed by atoms with Crippen molar-refractivity contribution in [2.45, 2.75) is 13.3 Å². The van der Waals surface area contributed by atoms with E-state index in [0.29, 0.717) is 30.2 Å². The second-order valence-electron chi connectivity index (χ2n) is 5.94. The van der Waals surface area contributed by atoms with Crippen molar-refractivity contribution < 1.29 is 17.9 Å². The Morgan fingerprint density at radius 2 is 2.00 bits per heavy atom. The van der Waals surface area contributed by atoms with Gasteiger partial charge in [0.2, 0.25) is 0 Å². The molecule has 7 nitrogen and oxygen atoms in total.